The van der Waals surface area contributed by atoms with Gasteiger partial charge in [-0.3, -0.25) is 0 Å². The SMILES string of the molecule is COC1(c2ccc(-c3cc(N)on3)cc2)CC1. The third kappa shape index (κ3) is 1.70. The molecule has 0 unspecified atom stereocenters. The van der Waals surface area contributed by atoms with Crippen LogP contribution in [0.15, 0.2) is 34.9 Å². The van der Waals surface area contributed by atoms with Crippen molar-refractivity contribution >= 4 is 5.88 Å². The summed E-state index contributed by atoms with van der Waals surface area (Å²) in [5.74, 6) is 0.333. The fourth-order valence-electron chi connectivity index (χ4n) is 2.09. The first kappa shape index (κ1) is 10.4. The monoisotopic (exact) mass is 230 g/mol. The molecular formula is C13H14N2O2. The predicted molar refractivity (Wildman–Crippen MR) is 64.3 cm³/mol. The molecule has 3 rings (SSSR count). The molecular weight excluding hydrogens is 216 g/mol. The number of nitrogens with two attached hydrogens (primary N) is 1. The Balaban J connectivity index is 1.90. The van der Waals surface area contributed by atoms with E-state index in [4.69, 9.17) is 15.0 Å². The fourth-order valence-corrected chi connectivity index (χ4v) is 2.09. The van der Waals surface area contributed by atoms with Crippen LogP contribution in [0.1, 0.15) is 18.4 Å². The summed E-state index contributed by atoms with van der Waals surface area (Å²) in [5.41, 5.74) is 8.44. The molecule has 88 valence electrons. The van der Waals surface area contributed by atoms with E-state index in [0.29, 0.717) is 5.88 Å². The summed E-state index contributed by atoms with van der Waals surface area (Å²) >= 11 is 0. The van der Waals surface area contributed by atoms with E-state index in [0.717, 1.165) is 24.1 Å². The summed E-state index contributed by atoms with van der Waals surface area (Å²) in [6, 6.07) is 9.92. The van der Waals surface area contributed by atoms with E-state index in [2.05, 4.69) is 17.3 Å². The summed E-state index contributed by atoms with van der Waals surface area (Å²) in [5, 5.41) is 3.88. The molecule has 0 amide bonds. The van der Waals surface area contributed by atoms with Crippen molar-refractivity contribution in [1.82, 2.24) is 5.16 Å². The lowest BCUT2D eigenvalue weighted by atomic mass is 10.0. The van der Waals surface area contributed by atoms with Gasteiger partial charge < -0.3 is 15.0 Å². The highest BCUT2D eigenvalue weighted by Crippen LogP contribution is 2.48. The van der Waals surface area contributed by atoms with Crippen LogP contribution in [-0.4, -0.2) is 12.3 Å². The normalized spacial score (nSPS) is 17.0. The Morgan fingerprint density at radius 1 is 1.29 bits per heavy atom. The van der Waals surface area contributed by atoms with Crippen molar-refractivity contribution in [1.29, 1.82) is 0 Å². The van der Waals surface area contributed by atoms with Crippen molar-refractivity contribution in [3.8, 4) is 11.3 Å². The van der Waals surface area contributed by atoms with E-state index >= 15 is 0 Å². The Kier molecular flexibility index (Phi) is 2.19. The van der Waals surface area contributed by atoms with Crippen LogP contribution < -0.4 is 5.73 Å². The van der Waals surface area contributed by atoms with Gasteiger partial charge in [-0.15, -0.1) is 0 Å². The largest absolute Gasteiger partial charge is 0.374 e. The first-order valence-electron chi connectivity index (χ1n) is 5.62. The number of hydrogen-bond acceptors (Lipinski definition) is 4. The molecule has 4 heteroatoms. The summed E-state index contributed by atoms with van der Waals surface area (Å²) in [6.45, 7) is 0. The number of rotatable bonds is 3. The van der Waals surface area contributed by atoms with Crippen LogP contribution >= 0.6 is 0 Å². The first-order valence-corrected chi connectivity index (χ1v) is 5.62. The number of hydrogen-bond donors (Lipinski definition) is 1. The Bertz CT molecular complexity index is 527. The van der Waals surface area contributed by atoms with Crippen LogP contribution in [-0.2, 0) is 10.3 Å². The van der Waals surface area contributed by atoms with Crippen molar-refractivity contribution in [2.75, 3.05) is 12.8 Å². The fraction of sp³-hybridized carbons (Fsp3) is 0.308. The number of anilines is 1. The lowest BCUT2D eigenvalue weighted by Gasteiger charge is -2.13. The molecule has 0 atom stereocenters. The molecule has 17 heavy (non-hydrogen) atoms. The molecule has 0 spiro atoms. The smallest absolute Gasteiger partial charge is 0.222 e. The molecule has 1 aliphatic carbocycles. The van der Waals surface area contributed by atoms with Crippen molar-refractivity contribution in [3.05, 3.63) is 35.9 Å². The Morgan fingerprint density at radius 3 is 2.47 bits per heavy atom. The molecule has 1 aliphatic rings. The molecule has 1 fully saturated rings. The predicted octanol–water partition coefficient (Wildman–Crippen LogP) is 2.56. The van der Waals surface area contributed by atoms with E-state index in [9.17, 15) is 0 Å². The second-order valence-electron chi connectivity index (χ2n) is 4.39. The number of methoxy groups -OCH3 is 1. The lowest BCUT2D eigenvalue weighted by molar-refractivity contribution is 0.0789. The van der Waals surface area contributed by atoms with E-state index in [1.54, 1.807) is 13.2 Å². The zero-order valence-corrected chi connectivity index (χ0v) is 9.64. The number of nitrogens with zero attached hydrogens (tertiary/aromatic N) is 1. The van der Waals surface area contributed by atoms with Gasteiger partial charge in [0, 0.05) is 18.7 Å². The van der Waals surface area contributed by atoms with E-state index in [1.807, 2.05) is 12.1 Å². The molecule has 1 aromatic heterocycles. The minimum atomic E-state index is -0.0403. The van der Waals surface area contributed by atoms with Gasteiger partial charge in [0.1, 0.15) is 5.69 Å². The molecule has 0 aliphatic heterocycles. The van der Waals surface area contributed by atoms with Crippen molar-refractivity contribution in [2.45, 2.75) is 18.4 Å². The molecule has 4 nitrogen and oxygen atoms in total. The van der Waals surface area contributed by atoms with Crippen LogP contribution in [0, 0.1) is 0 Å². The topological polar surface area (TPSA) is 61.3 Å². The van der Waals surface area contributed by atoms with Gasteiger partial charge in [0.2, 0.25) is 5.88 Å². The molecule has 1 heterocycles. The average molecular weight is 230 g/mol. The first-order chi connectivity index (χ1) is 8.23. The molecule has 0 radical (unpaired) electrons. The van der Waals surface area contributed by atoms with Gasteiger partial charge in [0.05, 0.1) is 5.60 Å². The standard InChI is InChI=1S/C13H14N2O2/c1-16-13(6-7-13)10-4-2-9(3-5-10)11-8-12(14)17-15-11/h2-5,8H,6-7,14H2,1H3. The van der Waals surface area contributed by atoms with Crippen LogP contribution in [0.5, 0.6) is 0 Å². The molecule has 0 saturated heterocycles. The minimum Gasteiger partial charge on any atom is -0.374 e. The van der Waals surface area contributed by atoms with Gasteiger partial charge in [0.25, 0.3) is 0 Å². The third-order valence-electron chi connectivity index (χ3n) is 3.33. The summed E-state index contributed by atoms with van der Waals surface area (Å²) < 4.78 is 10.4. The van der Waals surface area contributed by atoms with Crippen molar-refractivity contribution in [2.24, 2.45) is 0 Å². The highest BCUT2D eigenvalue weighted by molar-refractivity contribution is 5.61. The number of aromatic nitrogens is 1. The van der Waals surface area contributed by atoms with Gasteiger partial charge in [-0.1, -0.05) is 29.4 Å². The average Bonchev–Trinajstić information content (AvgIpc) is 3.06. The van der Waals surface area contributed by atoms with E-state index in [1.165, 1.54) is 5.56 Å². The van der Waals surface area contributed by atoms with Crippen LogP contribution in [0.3, 0.4) is 0 Å². The maximum Gasteiger partial charge on any atom is 0.222 e. The Hall–Kier alpha value is -1.81. The summed E-state index contributed by atoms with van der Waals surface area (Å²) in [7, 11) is 1.76. The van der Waals surface area contributed by atoms with Gasteiger partial charge >= 0.3 is 0 Å². The van der Waals surface area contributed by atoms with E-state index < -0.39 is 0 Å². The number of nitrogen functional groups attached to an aromatic ring is 1. The van der Waals surface area contributed by atoms with Crippen LogP contribution in [0.2, 0.25) is 0 Å². The number of benzene rings is 1. The van der Waals surface area contributed by atoms with Crippen LogP contribution in [0.25, 0.3) is 11.3 Å². The maximum absolute atomic E-state index is 5.53. The molecule has 2 aromatic rings. The quantitative estimate of drug-likeness (QED) is 0.880. The molecule has 1 aromatic carbocycles. The highest BCUT2D eigenvalue weighted by Gasteiger charge is 2.44. The lowest BCUT2D eigenvalue weighted by Crippen LogP contribution is -2.08. The maximum atomic E-state index is 5.53. The number of ether oxygens (including phenoxy) is 1. The zero-order chi connectivity index (χ0) is 11.9. The minimum absolute atomic E-state index is 0.0403. The summed E-state index contributed by atoms with van der Waals surface area (Å²) in [6.07, 6.45) is 2.19. The third-order valence-corrected chi connectivity index (χ3v) is 3.33. The summed E-state index contributed by atoms with van der Waals surface area (Å²) in [4.78, 5) is 0. The van der Waals surface area contributed by atoms with Crippen molar-refractivity contribution in [3.63, 3.8) is 0 Å². The second kappa shape index (κ2) is 3.60. The molecule has 2 N–H and O–H groups in total. The van der Waals surface area contributed by atoms with Crippen molar-refractivity contribution < 1.29 is 9.26 Å². The second-order valence-corrected chi connectivity index (χ2v) is 4.39. The van der Waals surface area contributed by atoms with Gasteiger partial charge in [-0.2, -0.15) is 0 Å². The van der Waals surface area contributed by atoms with E-state index in [-0.39, 0.29) is 5.60 Å². The zero-order valence-electron chi connectivity index (χ0n) is 9.64. The van der Waals surface area contributed by atoms with Gasteiger partial charge in [-0.05, 0) is 18.4 Å². The van der Waals surface area contributed by atoms with Gasteiger partial charge in [0.15, 0.2) is 0 Å². The Labute approximate surface area is 99.4 Å². The molecule has 0 bridgehead atoms. The van der Waals surface area contributed by atoms with Gasteiger partial charge in [-0.25, -0.2) is 0 Å². The highest BCUT2D eigenvalue weighted by atomic mass is 16.5. The Morgan fingerprint density at radius 2 is 2.00 bits per heavy atom. The molecule has 1 saturated carbocycles. The van der Waals surface area contributed by atoms with Crippen LogP contribution in [0.4, 0.5) is 5.88 Å².